The van der Waals surface area contributed by atoms with Crippen LogP contribution in [0.15, 0.2) is 48.5 Å². The second-order valence-corrected chi connectivity index (χ2v) is 5.52. The van der Waals surface area contributed by atoms with Crippen LogP contribution in [0.3, 0.4) is 0 Å². The van der Waals surface area contributed by atoms with Gasteiger partial charge in [-0.25, -0.2) is 4.79 Å². The number of halogens is 1. The third-order valence-corrected chi connectivity index (χ3v) is 3.55. The molecule has 0 radical (unpaired) electrons. The van der Waals surface area contributed by atoms with Crippen LogP contribution in [0.25, 0.3) is 6.08 Å². The van der Waals surface area contributed by atoms with Crippen molar-refractivity contribution in [2.75, 3.05) is 7.11 Å². The number of esters is 1. The van der Waals surface area contributed by atoms with Gasteiger partial charge in [0.1, 0.15) is 12.4 Å². The number of ether oxygens (including phenoxy) is 2. The Labute approximate surface area is 145 Å². The lowest BCUT2D eigenvalue weighted by Gasteiger charge is -2.09. The Morgan fingerprint density at radius 2 is 1.96 bits per heavy atom. The molecular weight excluding hydrogens is 328 g/mol. The Morgan fingerprint density at radius 1 is 1.17 bits per heavy atom. The highest BCUT2D eigenvalue weighted by molar-refractivity contribution is 6.30. The summed E-state index contributed by atoms with van der Waals surface area (Å²) in [5.41, 5.74) is 1.97. The van der Waals surface area contributed by atoms with Gasteiger partial charge < -0.3 is 9.47 Å². The predicted molar refractivity (Wildman–Crippen MR) is 93.3 cm³/mol. The van der Waals surface area contributed by atoms with E-state index in [0.717, 1.165) is 5.56 Å². The minimum Gasteiger partial charge on any atom is -0.496 e. The molecule has 4 nitrogen and oxygen atoms in total. The molecular formula is C19H17ClO4. The monoisotopic (exact) mass is 344 g/mol. The fourth-order valence-corrected chi connectivity index (χ4v) is 2.28. The van der Waals surface area contributed by atoms with Crippen molar-refractivity contribution < 1.29 is 19.1 Å². The average molecular weight is 345 g/mol. The lowest BCUT2D eigenvalue weighted by Crippen LogP contribution is -2.04. The van der Waals surface area contributed by atoms with Crippen molar-refractivity contribution in [3.05, 3.63) is 70.3 Å². The minimum absolute atomic E-state index is 0.0169. The van der Waals surface area contributed by atoms with Gasteiger partial charge in [-0.1, -0.05) is 23.7 Å². The molecule has 0 saturated carbocycles. The SMILES string of the molecule is COc1ccc(C(C)=O)cc1COC(=O)/C=C/c1cccc(Cl)c1. The molecule has 0 unspecified atom stereocenters. The predicted octanol–water partition coefficient (Wildman–Crippen LogP) is 4.31. The topological polar surface area (TPSA) is 52.6 Å². The fraction of sp³-hybridized carbons (Fsp3) is 0.158. The molecule has 0 amide bonds. The lowest BCUT2D eigenvalue weighted by atomic mass is 10.1. The van der Waals surface area contributed by atoms with Crippen LogP contribution >= 0.6 is 11.6 Å². The summed E-state index contributed by atoms with van der Waals surface area (Å²) in [7, 11) is 1.52. The molecule has 2 aromatic carbocycles. The lowest BCUT2D eigenvalue weighted by molar-refractivity contribution is -0.138. The third-order valence-electron chi connectivity index (χ3n) is 3.32. The summed E-state index contributed by atoms with van der Waals surface area (Å²) >= 11 is 5.88. The molecule has 2 rings (SSSR count). The van der Waals surface area contributed by atoms with Crippen molar-refractivity contribution >= 4 is 29.4 Å². The van der Waals surface area contributed by atoms with Gasteiger partial charge >= 0.3 is 5.97 Å². The summed E-state index contributed by atoms with van der Waals surface area (Å²) in [5.74, 6) is 0.00274. The van der Waals surface area contributed by atoms with Gasteiger partial charge in [-0.15, -0.1) is 0 Å². The molecule has 0 heterocycles. The summed E-state index contributed by atoms with van der Waals surface area (Å²) in [6.07, 6.45) is 2.95. The Hall–Kier alpha value is -2.59. The van der Waals surface area contributed by atoms with Crippen LogP contribution in [-0.4, -0.2) is 18.9 Å². The number of ketones is 1. The van der Waals surface area contributed by atoms with Crippen LogP contribution < -0.4 is 4.74 Å². The Kier molecular flexibility index (Phi) is 6.15. The second kappa shape index (κ2) is 8.31. The van der Waals surface area contributed by atoms with Gasteiger partial charge in [-0.05, 0) is 48.9 Å². The van der Waals surface area contributed by atoms with Gasteiger partial charge in [0.15, 0.2) is 5.78 Å². The molecule has 0 atom stereocenters. The molecule has 0 fully saturated rings. The Morgan fingerprint density at radius 3 is 2.62 bits per heavy atom. The molecule has 0 spiro atoms. The van der Waals surface area contributed by atoms with Gasteiger partial charge in [0.05, 0.1) is 7.11 Å². The van der Waals surface area contributed by atoms with Gasteiger partial charge in [0.2, 0.25) is 0 Å². The molecule has 0 bridgehead atoms. The normalized spacial score (nSPS) is 10.6. The van der Waals surface area contributed by atoms with Gasteiger partial charge in [0.25, 0.3) is 0 Å². The van der Waals surface area contributed by atoms with E-state index in [9.17, 15) is 9.59 Å². The van der Waals surface area contributed by atoms with E-state index in [0.29, 0.717) is 21.9 Å². The molecule has 24 heavy (non-hydrogen) atoms. The van der Waals surface area contributed by atoms with Gasteiger partial charge in [-0.2, -0.15) is 0 Å². The maximum atomic E-state index is 11.8. The zero-order chi connectivity index (χ0) is 17.5. The smallest absolute Gasteiger partial charge is 0.331 e. The van der Waals surface area contributed by atoms with Crippen LogP contribution in [0.4, 0.5) is 0 Å². The van der Waals surface area contributed by atoms with E-state index in [-0.39, 0.29) is 12.4 Å². The van der Waals surface area contributed by atoms with E-state index in [2.05, 4.69) is 0 Å². The van der Waals surface area contributed by atoms with E-state index in [1.54, 1.807) is 42.5 Å². The van der Waals surface area contributed by atoms with E-state index in [1.807, 2.05) is 6.07 Å². The molecule has 0 N–H and O–H groups in total. The molecule has 124 valence electrons. The second-order valence-electron chi connectivity index (χ2n) is 5.08. The zero-order valence-electron chi connectivity index (χ0n) is 13.4. The largest absolute Gasteiger partial charge is 0.496 e. The Bertz CT molecular complexity index is 781. The number of hydrogen-bond acceptors (Lipinski definition) is 4. The van der Waals surface area contributed by atoms with Crippen LogP contribution in [-0.2, 0) is 16.1 Å². The van der Waals surface area contributed by atoms with Crippen LogP contribution in [0.5, 0.6) is 5.75 Å². The molecule has 0 aliphatic heterocycles. The number of Topliss-reactive ketones (excluding diaryl/α,β-unsaturated/α-hetero) is 1. The highest BCUT2D eigenvalue weighted by atomic mass is 35.5. The van der Waals surface area contributed by atoms with Crippen LogP contribution in [0.1, 0.15) is 28.4 Å². The van der Waals surface area contributed by atoms with E-state index < -0.39 is 5.97 Å². The third kappa shape index (κ3) is 4.96. The number of carbonyl (C=O) groups is 2. The summed E-state index contributed by atoms with van der Waals surface area (Å²) in [4.78, 5) is 23.3. The number of hydrogen-bond donors (Lipinski definition) is 0. The summed E-state index contributed by atoms with van der Waals surface area (Å²) in [6, 6.07) is 12.1. The minimum atomic E-state index is -0.495. The molecule has 5 heteroatoms. The van der Waals surface area contributed by atoms with Crippen molar-refractivity contribution in [2.45, 2.75) is 13.5 Å². The van der Waals surface area contributed by atoms with Crippen molar-refractivity contribution in [2.24, 2.45) is 0 Å². The molecule has 0 aromatic heterocycles. The summed E-state index contributed by atoms with van der Waals surface area (Å²) in [6.45, 7) is 1.49. The fourth-order valence-electron chi connectivity index (χ4n) is 2.08. The van der Waals surface area contributed by atoms with E-state index >= 15 is 0 Å². The number of methoxy groups -OCH3 is 1. The van der Waals surface area contributed by atoms with Crippen LogP contribution in [0.2, 0.25) is 5.02 Å². The maximum absolute atomic E-state index is 11.8. The van der Waals surface area contributed by atoms with Crippen molar-refractivity contribution in [3.63, 3.8) is 0 Å². The van der Waals surface area contributed by atoms with E-state index in [4.69, 9.17) is 21.1 Å². The summed E-state index contributed by atoms with van der Waals surface area (Å²) < 4.78 is 10.4. The summed E-state index contributed by atoms with van der Waals surface area (Å²) in [5, 5.41) is 0.594. The van der Waals surface area contributed by atoms with Gasteiger partial charge in [0, 0.05) is 22.2 Å². The highest BCUT2D eigenvalue weighted by Crippen LogP contribution is 2.21. The van der Waals surface area contributed by atoms with E-state index in [1.165, 1.54) is 20.1 Å². The number of benzene rings is 2. The molecule has 0 aliphatic rings. The first-order valence-electron chi connectivity index (χ1n) is 7.28. The quantitative estimate of drug-likeness (QED) is 0.445. The molecule has 2 aromatic rings. The Balaban J connectivity index is 2.03. The average Bonchev–Trinajstić information content (AvgIpc) is 2.57. The first-order valence-corrected chi connectivity index (χ1v) is 7.65. The highest BCUT2D eigenvalue weighted by Gasteiger charge is 2.09. The zero-order valence-corrected chi connectivity index (χ0v) is 14.2. The first-order chi connectivity index (χ1) is 11.5. The maximum Gasteiger partial charge on any atom is 0.331 e. The first kappa shape index (κ1) is 17.8. The number of carbonyl (C=O) groups excluding carboxylic acids is 2. The van der Waals surface area contributed by atoms with Crippen molar-refractivity contribution in [1.82, 2.24) is 0 Å². The van der Waals surface area contributed by atoms with Crippen molar-refractivity contribution in [1.29, 1.82) is 0 Å². The molecule has 0 aliphatic carbocycles. The van der Waals surface area contributed by atoms with Crippen LogP contribution in [0, 0.1) is 0 Å². The number of rotatable bonds is 6. The standard InChI is InChI=1S/C19H17ClO4/c1-13(21)15-7-8-18(23-2)16(11-15)12-24-19(22)9-6-14-4-3-5-17(20)10-14/h3-11H,12H2,1-2H3/b9-6+. The van der Waals surface area contributed by atoms with Gasteiger partial charge in [-0.3, -0.25) is 4.79 Å². The molecule has 0 saturated heterocycles. The van der Waals surface area contributed by atoms with Crippen molar-refractivity contribution in [3.8, 4) is 5.75 Å².